The molecule has 366 valence electrons. The molecular formula is C76H52N2. The summed E-state index contributed by atoms with van der Waals surface area (Å²) in [4.78, 5) is 2.40. The van der Waals surface area contributed by atoms with Crippen molar-refractivity contribution in [3.05, 3.63) is 312 Å². The molecule has 12 aromatic carbocycles. The van der Waals surface area contributed by atoms with Crippen molar-refractivity contribution < 1.29 is 0 Å². The zero-order valence-corrected chi connectivity index (χ0v) is 43.5. The molecule has 0 bridgehead atoms. The quantitative estimate of drug-likeness (QED) is 0.161. The Morgan fingerprint density at radius 3 is 1.24 bits per heavy atom. The molecule has 2 nitrogen and oxygen atoms in total. The number of aromatic nitrogens is 1. The van der Waals surface area contributed by atoms with Crippen LogP contribution in [0.2, 0.25) is 0 Å². The average Bonchev–Trinajstić information content (AvgIpc) is 4.21. The van der Waals surface area contributed by atoms with E-state index in [0.29, 0.717) is 0 Å². The van der Waals surface area contributed by atoms with E-state index in [1.165, 1.54) is 122 Å². The largest absolute Gasteiger partial charge is 0.310 e. The van der Waals surface area contributed by atoms with E-state index in [1.807, 2.05) is 0 Å². The summed E-state index contributed by atoms with van der Waals surface area (Å²) in [6.07, 6.45) is 0. The van der Waals surface area contributed by atoms with Crippen LogP contribution in [0.5, 0.6) is 0 Å². The highest BCUT2D eigenvalue weighted by atomic mass is 15.1. The van der Waals surface area contributed by atoms with E-state index in [9.17, 15) is 0 Å². The zero-order valence-electron chi connectivity index (χ0n) is 43.5. The van der Waals surface area contributed by atoms with Gasteiger partial charge in [-0.15, -0.1) is 0 Å². The number of nitrogens with zero attached hydrogens (tertiary/aromatic N) is 2. The molecule has 0 atom stereocenters. The first-order valence-corrected chi connectivity index (χ1v) is 27.3. The van der Waals surface area contributed by atoms with Gasteiger partial charge in [0.05, 0.1) is 16.4 Å². The van der Waals surface area contributed by atoms with E-state index >= 15 is 0 Å². The van der Waals surface area contributed by atoms with Gasteiger partial charge in [-0.1, -0.05) is 214 Å². The summed E-state index contributed by atoms with van der Waals surface area (Å²) in [5.41, 5.74) is 29.4. The van der Waals surface area contributed by atoms with Crippen LogP contribution in [0.3, 0.4) is 0 Å². The van der Waals surface area contributed by atoms with Gasteiger partial charge in [-0.2, -0.15) is 0 Å². The summed E-state index contributed by atoms with van der Waals surface area (Å²) in [5.74, 6) is 0. The van der Waals surface area contributed by atoms with Crippen molar-refractivity contribution in [3.8, 4) is 72.4 Å². The first kappa shape index (κ1) is 44.5. The molecule has 0 unspecified atom stereocenters. The molecule has 0 aliphatic heterocycles. The minimum atomic E-state index is -0.547. The first-order chi connectivity index (χ1) is 38.4. The van der Waals surface area contributed by atoms with Gasteiger partial charge in [0.1, 0.15) is 0 Å². The van der Waals surface area contributed by atoms with Crippen molar-refractivity contribution in [3.63, 3.8) is 0 Å². The van der Waals surface area contributed by atoms with Crippen LogP contribution in [-0.4, -0.2) is 4.57 Å². The van der Waals surface area contributed by atoms with Gasteiger partial charge < -0.3 is 9.47 Å². The third kappa shape index (κ3) is 6.32. The summed E-state index contributed by atoms with van der Waals surface area (Å²) in [6, 6.07) is 104. The fourth-order valence-electron chi connectivity index (χ4n) is 14.1. The monoisotopic (exact) mass is 992 g/mol. The Morgan fingerprint density at radius 2 is 0.654 bits per heavy atom. The molecule has 78 heavy (non-hydrogen) atoms. The van der Waals surface area contributed by atoms with E-state index in [-0.39, 0.29) is 5.41 Å². The normalized spacial score (nSPS) is 13.7. The highest BCUT2D eigenvalue weighted by Crippen LogP contribution is 2.62. The molecular weight excluding hydrogens is 941 g/mol. The van der Waals surface area contributed by atoms with Gasteiger partial charge in [0.25, 0.3) is 0 Å². The lowest BCUT2D eigenvalue weighted by molar-refractivity contribution is 0.660. The van der Waals surface area contributed by atoms with Crippen molar-refractivity contribution in [1.29, 1.82) is 0 Å². The van der Waals surface area contributed by atoms with Gasteiger partial charge in [0, 0.05) is 38.9 Å². The fourth-order valence-corrected chi connectivity index (χ4v) is 14.1. The number of rotatable bonds is 6. The molecule has 0 saturated carbocycles. The van der Waals surface area contributed by atoms with Crippen LogP contribution in [0, 0.1) is 0 Å². The molecule has 0 radical (unpaired) electrons. The molecule has 16 rings (SSSR count). The molecule has 0 saturated heterocycles. The molecule has 1 aromatic heterocycles. The van der Waals surface area contributed by atoms with E-state index in [1.54, 1.807) is 0 Å². The molecule has 0 amide bonds. The Balaban J connectivity index is 0.839. The Hall–Kier alpha value is -9.76. The lowest BCUT2D eigenvalue weighted by Crippen LogP contribution is -2.29. The average molecular weight is 993 g/mol. The molecule has 13 aromatic rings. The van der Waals surface area contributed by atoms with E-state index in [0.717, 1.165) is 22.7 Å². The van der Waals surface area contributed by atoms with Crippen molar-refractivity contribution in [2.24, 2.45) is 0 Å². The standard InChI is InChI=1S/C76H52N2/c1-75(2)67-29-15-11-27-61(67)63-42-40-56(48-71(63)75)77(53-19-5-3-6-20-53)55-38-33-49(34-39-55)50-36-43-73-65(45-50)66-46-51(37-44-74(66)78(73)54-21-7-4-8-22-54)52-35-41-64-62-28-14-18-32-70(62)76(72(64)47-52)68-30-16-12-25-59(68)57-23-9-10-24-58(57)60-26-13-17-31-69(60)76/h3-48H,1-2H3. The molecule has 2 heteroatoms. The van der Waals surface area contributed by atoms with Gasteiger partial charge in [-0.25, -0.2) is 0 Å². The smallest absolute Gasteiger partial charge is 0.0725 e. The van der Waals surface area contributed by atoms with Crippen LogP contribution >= 0.6 is 0 Å². The van der Waals surface area contributed by atoms with Gasteiger partial charge in [-0.05, 0) is 179 Å². The number of hydrogen-bond acceptors (Lipinski definition) is 1. The first-order valence-electron chi connectivity index (χ1n) is 27.3. The fraction of sp³-hybridized carbons (Fsp3) is 0.0526. The molecule has 0 fully saturated rings. The maximum atomic E-state index is 2.52. The Labute approximate surface area is 455 Å². The molecule has 3 aliphatic carbocycles. The number of anilines is 3. The predicted molar refractivity (Wildman–Crippen MR) is 326 cm³/mol. The number of hydrogen-bond donors (Lipinski definition) is 0. The second-order valence-corrected chi connectivity index (χ2v) is 21.9. The van der Waals surface area contributed by atoms with Gasteiger partial charge >= 0.3 is 0 Å². The Bertz CT molecular complexity index is 4510. The minimum absolute atomic E-state index is 0.101. The molecule has 1 heterocycles. The summed E-state index contributed by atoms with van der Waals surface area (Å²) in [6.45, 7) is 4.71. The molecule has 3 aliphatic rings. The number of fused-ring (bicyclic) bond motifs is 18. The lowest BCUT2D eigenvalue weighted by atomic mass is 9.65. The topological polar surface area (TPSA) is 8.17 Å². The van der Waals surface area contributed by atoms with Crippen molar-refractivity contribution in [1.82, 2.24) is 4.57 Å². The number of benzene rings is 12. The highest BCUT2D eigenvalue weighted by molar-refractivity contribution is 6.12. The van der Waals surface area contributed by atoms with E-state index in [4.69, 9.17) is 0 Å². The van der Waals surface area contributed by atoms with Crippen molar-refractivity contribution in [2.75, 3.05) is 4.90 Å². The van der Waals surface area contributed by atoms with Crippen LogP contribution in [0.15, 0.2) is 279 Å². The van der Waals surface area contributed by atoms with E-state index in [2.05, 4.69) is 302 Å². The highest BCUT2D eigenvalue weighted by Gasteiger charge is 2.49. The van der Waals surface area contributed by atoms with Crippen LogP contribution in [0.25, 0.3) is 94.3 Å². The van der Waals surface area contributed by atoms with Crippen molar-refractivity contribution >= 4 is 38.9 Å². The summed E-state index contributed by atoms with van der Waals surface area (Å²) in [5, 5.41) is 2.44. The lowest BCUT2D eigenvalue weighted by Gasteiger charge is -2.35. The van der Waals surface area contributed by atoms with Crippen LogP contribution in [0.4, 0.5) is 17.1 Å². The minimum Gasteiger partial charge on any atom is -0.310 e. The van der Waals surface area contributed by atoms with Crippen LogP contribution in [0.1, 0.15) is 47.2 Å². The van der Waals surface area contributed by atoms with Crippen LogP contribution in [-0.2, 0) is 10.8 Å². The summed E-state index contributed by atoms with van der Waals surface area (Å²) in [7, 11) is 0. The Morgan fingerprint density at radius 1 is 0.269 bits per heavy atom. The van der Waals surface area contributed by atoms with E-state index < -0.39 is 5.41 Å². The summed E-state index contributed by atoms with van der Waals surface area (Å²) >= 11 is 0. The predicted octanol–water partition coefficient (Wildman–Crippen LogP) is 19.9. The zero-order chi connectivity index (χ0) is 51.7. The number of para-hydroxylation sites is 2. The van der Waals surface area contributed by atoms with Crippen LogP contribution < -0.4 is 4.90 Å². The molecule has 1 spiro atoms. The maximum absolute atomic E-state index is 2.52. The third-order valence-corrected chi connectivity index (χ3v) is 17.6. The second-order valence-electron chi connectivity index (χ2n) is 21.9. The maximum Gasteiger partial charge on any atom is 0.0725 e. The van der Waals surface area contributed by atoms with Gasteiger partial charge in [0.15, 0.2) is 0 Å². The third-order valence-electron chi connectivity index (χ3n) is 17.6. The van der Waals surface area contributed by atoms with Gasteiger partial charge in [0.2, 0.25) is 0 Å². The Kier molecular flexibility index (Phi) is 9.63. The molecule has 0 N–H and O–H groups in total. The second kappa shape index (κ2) is 16.9. The van der Waals surface area contributed by atoms with Crippen molar-refractivity contribution in [2.45, 2.75) is 24.7 Å². The van der Waals surface area contributed by atoms with Gasteiger partial charge in [-0.3, -0.25) is 0 Å². The SMILES string of the molecule is CC1(C)c2ccccc2-c2ccc(N(c3ccccc3)c3ccc(-c4ccc5c(c4)c4cc(-c6ccc7c(c6)C6(c8ccccc8-c8ccccc8-c8ccccc86)c6ccccc6-7)ccc4n5-c4ccccc4)cc3)cc21. The summed E-state index contributed by atoms with van der Waals surface area (Å²) < 4.78 is 2.43.